The van der Waals surface area contributed by atoms with Gasteiger partial charge in [-0.05, 0) is 48.2 Å². The topological polar surface area (TPSA) is 32.3 Å². The Kier molecular flexibility index (Phi) is 7.09. The van der Waals surface area contributed by atoms with Crippen LogP contribution in [0.5, 0.6) is 0 Å². The van der Waals surface area contributed by atoms with Gasteiger partial charge in [-0.1, -0.05) is 81.1 Å². The van der Waals surface area contributed by atoms with Gasteiger partial charge in [0.25, 0.3) is 0 Å². The Labute approximate surface area is 179 Å². The number of benzene rings is 2. The minimum atomic E-state index is -0.732. The third kappa shape index (κ3) is 4.26. The minimum absolute atomic E-state index is 0.0580. The van der Waals surface area contributed by atoms with Crippen LogP contribution in [0.25, 0.3) is 0 Å². The number of nitrogens with one attached hydrogen (secondary N) is 1. The number of aliphatic hydroxyl groups is 1. The fraction of sp³-hybridized carbons (Fsp3) is 0.500. The summed E-state index contributed by atoms with van der Waals surface area (Å²) in [4.78, 5) is 0. The van der Waals surface area contributed by atoms with Crippen molar-refractivity contribution in [3.8, 4) is 0 Å². The van der Waals surface area contributed by atoms with Crippen molar-refractivity contribution in [2.75, 3.05) is 0 Å². The van der Waals surface area contributed by atoms with Crippen molar-refractivity contribution in [2.45, 2.75) is 64.1 Å². The SMILES string of the molecule is CCC[C@@H]1[C@H](c2ccc(Cl)cc2)N[C@H](c2ccc(Cl)cc2)[C@H](C)[C@]1(O)CCC. The Morgan fingerprint density at radius 2 is 1.36 bits per heavy atom. The van der Waals surface area contributed by atoms with Crippen molar-refractivity contribution in [3.63, 3.8) is 0 Å². The van der Waals surface area contributed by atoms with Crippen LogP contribution in [0.15, 0.2) is 48.5 Å². The number of halogens is 2. The predicted octanol–water partition coefficient (Wildman–Crippen LogP) is 6.96. The summed E-state index contributed by atoms with van der Waals surface area (Å²) in [5.41, 5.74) is 1.62. The maximum atomic E-state index is 12.0. The van der Waals surface area contributed by atoms with Crippen LogP contribution in [-0.2, 0) is 0 Å². The summed E-state index contributed by atoms with van der Waals surface area (Å²) in [6.45, 7) is 6.54. The molecule has 0 unspecified atom stereocenters. The van der Waals surface area contributed by atoms with E-state index in [1.807, 2.05) is 24.3 Å². The average Bonchev–Trinajstić information content (AvgIpc) is 2.68. The molecule has 0 amide bonds. The number of hydrogen-bond donors (Lipinski definition) is 2. The van der Waals surface area contributed by atoms with E-state index in [1.165, 1.54) is 11.1 Å². The highest BCUT2D eigenvalue weighted by Crippen LogP contribution is 2.50. The molecule has 1 aliphatic heterocycles. The molecule has 152 valence electrons. The number of piperidine rings is 1. The van der Waals surface area contributed by atoms with Crippen LogP contribution in [0.2, 0.25) is 10.0 Å². The lowest BCUT2D eigenvalue weighted by Crippen LogP contribution is -2.58. The van der Waals surface area contributed by atoms with Gasteiger partial charge in [0.2, 0.25) is 0 Å². The van der Waals surface area contributed by atoms with Gasteiger partial charge in [-0.3, -0.25) is 0 Å². The third-order valence-corrected chi connectivity index (χ3v) is 6.90. The first kappa shape index (κ1) is 21.6. The lowest BCUT2D eigenvalue weighted by Gasteiger charge is -2.53. The molecule has 1 heterocycles. The van der Waals surface area contributed by atoms with E-state index in [0.29, 0.717) is 0 Å². The van der Waals surface area contributed by atoms with Crippen LogP contribution in [0.4, 0.5) is 0 Å². The molecule has 28 heavy (non-hydrogen) atoms. The van der Waals surface area contributed by atoms with E-state index in [-0.39, 0.29) is 23.9 Å². The summed E-state index contributed by atoms with van der Waals surface area (Å²) in [6, 6.07) is 16.2. The van der Waals surface area contributed by atoms with E-state index >= 15 is 0 Å². The lowest BCUT2D eigenvalue weighted by atomic mass is 9.62. The second-order valence-corrected chi connectivity index (χ2v) is 9.02. The lowest BCUT2D eigenvalue weighted by molar-refractivity contribution is -0.125. The fourth-order valence-electron chi connectivity index (χ4n) is 4.96. The van der Waals surface area contributed by atoms with Gasteiger partial charge < -0.3 is 10.4 Å². The highest BCUT2D eigenvalue weighted by molar-refractivity contribution is 6.30. The molecule has 0 aliphatic carbocycles. The van der Waals surface area contributed by atoms with Gasteiger partial charge in [-0.25, -0.2) is 0 Å². The third-order valence-electron chi connectivity index (χ3n) is 6.40. The van der Waals surface area contributed by atoms with Crippen LogP contribution in [-0.4, -0.2) is 10.7 Å². The first-order valence-corrected chi connectivity index (χ1v) is 11.2. The molecule has 1 fully saturated rings. The van der Waals surface area contributed by atoms with E-state index in [1.54, 1.807) is 0 Å². The number of hydrogen-bond acceptors (Lipinski definition) is 2. The zero-order valence-corrected chi connectivity index (χ0v) is 18.5. The highest BCUT2D eigenvalue weighted by Gasteiger charge is 2.51. The van der Waals surface area contributed by atoms with E-state index < -0.39 is 5.60 Å². The van der Waals surface area contributed by atoms with Crippen LogP contribution < -0.4 is 5.32 Å². The largest absolute Gasteiger partial charge is 0.389 e. The molecule has 2 aromatic rings. The summed E-state index contributed by atoms with van der Waals surface area (Å²) < 4.78 is 0. The maximum absolute atomic E-state index is 12.0. The Bertz CT molecular complexity index is 761. The molecule has 4 heteroatoms. The van der Waals surface area contributed by atoms with E-state index in [9.17, 15) is 5.11 Å². The minimum Gasteiger partial charge on any atom is -0.389 e. The van der Waals surface area contributed by atoms with Gasteiger partial charge in [-0.2, -0.15) is 0 Å². The molecule has 0 radical (unpaired) electrons. The molecule has 1 aliphatic rings. The van der Waals surface area contributed by atoms with Crippen molar-refractivity contribution in [1.29, 1.82) is 0 Å². The molecular weight excluding hydrogens is 389 g/mol. The Morgan fingerprint density at radius 1 is 0.857 bits per heavy atom. The second kappa shape index (κ2) is 9.17. The molecule has 2 N–H and O–H groups in total. The van der Waals surface area contributed by atoms with Crippen molar-refractivity contribution < 1.29 is 5.11 Å². The Hall–Kier alpha value is -1.06. The van der Waals surface area contributed by atoms with E-state index in [2.05, 4.69) is 50.4 Å². The second-order valence-electron chi connectivity index (χ2n) is 8.15. The summed E-state index contributed by atoms with van der Waals surface area (Å²) in [5, 5.41) is 17.4. The summed E-state index contributed by atoms with van der Waals surface area (Å²) >= 11 is 12.2. The van der Waals surface area contributed by atoms with Crippen LogP contribution in [0.1, 0.15) is 69.7 Å². The normalized spacial score (nSPS) is 30.4. The predicted molar refractivity (Wildman–Crippen MR) is 119 cm³/mol. The molecule has 0 saturated carbocycles. The maximum Gasteiger partial charge on any atom is 0.0737 e. The first-order chi connectivity index (χ1) is 13.4. The molecule has 0 aromatic heterocycles. The van der Waals surface area contributed by atoms with Crippen LogP contribution in [0.3, 0.4) is 0 Å². The van der Waals surface area contributed by atoms with Gasteiger partial charge in [0.1, 0.15) is 0 Å². The van der Waals surface area contributed by atoms with Crippen molar-refractivity contribution in [2.24, 2.45) is 11.8 Å². The standard InChI is InChI=1S/C24H31Cl2NO/c1-4-6-21-23(18-9-13-20(26)14-10-18)27-22(16(3)24(21,28)15-5-2)17-7-11-19(25)12-8-17/h7-14,16,21-23,27-28H,4-6,15H2,1-3H3/t16-,21+,22-,23-,24+/m0/s1. The molecule has 0 bridgehead atoms. The molecule has 0 spiro atoms. The molecule has 2 nitrogen and oxygen atoms in total. The van der Waals surface area contributed by atoms with Gasteiger partial charge in [-0.15, -0.1) is 0 Å². The van der Waals surface area contributed by atoms with Crippen LogP contribution in [0, 0.1) is 11.8 Å². The molecular formula is C24H31Cl2NO. The zero-order chi connectivity index (χ0) is 20.3. The molecule has 5 atom stereocenters. The van der Waals surface area contributed by atoms with Gasteiger partial charge in [0.15, 0.2) is 0 Å². The highest BCUT2D eigenvalue weighted by atomic mass is 35.5. The zero-order valence-electron chi connectivity index (χ0n) is 17.0. The van der Waals surface area contributed by atoms with Gasteiger partial charge in [0, 0.05) is 34.0 Å². The Morgan fingerprint density at radius 3 is 1.82 bits per heavy atom. The molecule has 2 aromatic carbocycles. The average molecular weight is 420 g/mol. The Balaban J connectivity index is 2.06. The quantitative estimate of drug-likeness (QED) is 0.529. The summed E-state index contributed by atoms with van der Waals surface area (Å²) in [5.74, 6) is 0.242. The molecule has 3 rings (SSSR count). The van der Waals surface area contributed by atoms with Crippen LogP contribution >= 0.6 is 23.2 Å². The van der Waals surface area contributed by atoms with Crippen molar-refractivity contribution in [3.05, 3.63) is 69.7 Å². The smallest absolute Gasteiger partial charge is 0.0737 e. The molecule has 1 saturated heterocycles. The van der Waals surface area contributed by atoms with E-state index in [0.717, 1.165) is 35.7 Å². The summed E-state index contributed by atoms with van der Waals surface area (Å²) in [6.07, 6.45) is 3.78. The fourth-order valence-corrected chi connectivity index (χ4v) is 5.22. The van der Waals surface area contributed by atoms with Crippen molar-refractivity contribution >= 4 is 23.2 Å². The van der Waals surface area contributed by atoms with Crippen molar-refractivity contribution in [1.82, 2.24) is 5.32 Å². The van der Waals surface area contributed by atoms with Gasteiger partial charge in [0.05, 0.1) is 5.60 Å². The first-order valence-electron chi connectivity index (χ1n) is 10.4. The van der Waals surface area contributed by atoms with E-state index in [4.69, 9.17) is 23.2 Å². The summed E-state index contributed by atoms with van der Waals surface area (Å²) in [7, 11) is 0. The van der Waals surface area contributed by atoms with Gasteiger partial charge >= 0.3 is 0 Å². The number of rotatable bonds is 6. The monoisotopic (exact) mass is 419 g/mol.